The molecule has 1 atom stereocenters. The summed E-state index contributed by atoms with van der Waals surface area (Å²) in [5.74, 6) is 1.31. The minimum Gasteiger partial charge on any atom is -0.381 e. The van der Waals surface area contributed by atoms with Crippen molar-refractivity contribution in [2.75, 3.05) is 26.3 Å². The number of ether oxygens (including phenoxy) is 1. The van der Waals surface area contributed by atoms with Crippen molar-refractivity contribution in [3.8, 4) is 0 Å². The van der Waals surface area contributed by atoms with E-state index in [9.17, 15) is 4.79 Å². The zero-order valence-corrected chi connectivity index (χ0v) is 11.8. The van der Waals surface area contributed by atoms with Gasteiger partial charge in [-0.05, 0) is 42.7 Å². The molecule has 1 aromatic rings. The first-order valence-electron chi connectivity index (χ1n) is 7.58. The molecule has 0 saturated carbocycles. The zero-order valence-electron chi connectivity index (χ0n) is 11.8. The molecule has 0 N–H and O–H groups in total. The first-order chi connectivity index (χ1) is 9.83. The first-order valence-corrected chi connectivity index (χ1v) is 7.58. The topological polar surface area (TPSA) is 42.4 Å². The van der Waals surface area contributed by atoms with Crippen LogP contribution in [-0.4, -0.2) is 42.1 Å². The number of amides is 1. The fourth-order valence-corrected chi connectivity index (χ4v) is 3.20. The molecule has 3 rings (SSSR count). The lowest BCUT2D eigenvalue weighted by atomic mass is 9.90. The highest BCUT2D eigenvalue weighted by molar-refractivity contribution is 5.76. The van der Waals surface area contributed by atoms with Gasteiger partial charge in [-0.15, -0.1) is 0 Å². The molecule has 2 aliphatic heterocycles. The van der Waals surface area contributed by atoms with E-state index < -0.39 is 0 Å². The fourth-order valence-electron chi connectivity index (χ4n) is 3.20. The molecule has 2 saturated heterocycles. The van der Waals surface area contributed by atoms with E-state index in [1.165, 1.54) is 5.56 Å². The summed E-state index contributed by atoms with van der Waals surface area (Å²) in [5, 5.41) is 0. The second-order valence-electron chi connectivity index (χ2n) is 5.88. The molecule has 3 heterocycles. The third kappa shape index (κ3) is 3.18. The average Bonchev–Trinajstić information content (AvgIpc) is 3.01. The van der Waals surface area contributed by atoms with Crippen LogP contribution in [-0.2, 0) is 9.53 Å². The van der Waals surface area contributed by atoms with Gasteiger partial charge in [0.15, 0.2) is 0 Å². The highest BCUT2D eigenvalue weighted by Gasteiger charge is 2.26. The second-order valence-corrected chi connectivity index (χ2v) is 5.88. The maximum Gasteiger partial charge on any atom is 0.222 e. The Morgan fingerprint density at radius 1 is 1.35 bits per heavy atom. The Labute approximate surface area is 120 Å². The van der Waals surface area contributed by atoms with E-state index in [-0.39, 0.29) is 0 Å². The Morgan fingerprint density at radius 2 is 2.20 bits per heavy atom. The average molecular weight is 274 g/mol. The molecule has 0 radical (unpaired) electrons. The van der Waals surface area contributed by atoms with Crippen molar-refractivity contribution in [2.45, 2.75) is 31.6 Å². The standard InChI is InChI=1S/C16H22N2O2/c19-16(10-13-5-9-20-12-13)18-7-3-14(4-8-18)15-2-1-6-17-11-15/h1-2,6,11,13-14H,3-5,7-10,12H2. The zero-order chi connectivity index (χ0) is 13.8. The number of aromatic nitrogens is 1. The minimum absolute atomic E-state index is 0.310. The minimum atomic E-state index is 0.310. The van der Waals surface area contributed by atoms with E-state index in [1.54, 1.807) is 0 Å². The van der Waals surface area contributed by atoms with E-state index in [2.05, 4.69) is 11.1 Å². The first kappa shape index (κ1) is 13.6. The Kier molecular flexibility index (Phi) is 4.31. The van der Waals surface area contributed by atoms with Crippen LogP contribution in [0.4, 0.5) is 0 Å². The highest BCUT2D eigenvalue weighted by atomic mass is 16.5. The van der Waals surface area contributed by atoms with Crippen LogP contribution >= 0.6 is 0 Å². The van der Waals surface area contributed by atoms with Crippen LogP contribution in [0, 0.1) is 5.92 Å². The van der Waals surface area contributed by atoms with Crippen molar-refractivity contribution in [3.63, 3.8) is 0 Å². The molecule has 0 bridgehead atoms. The molecule has 4 heteroatoms. The normalized spacial score (nSPS) is 24.0. The van der Waals surface area contributed by atoms with Crippen molar-refractivity contribution in [1.29, 1.82) is 0 Å². The third-order valence-corrected chi connectivity index (χ3v) is 4.49. The number of likely N-dealkylation sites (tertiary alicyclic amines) is 1. The highest BCUT2D eigenvalue weighted by Crippen LogP contribution is 2.28. The quantitative estimate of drug-likeness (QED) is 0.848. The summed E-state index contributed by atoms with van der Waals surface area (Å²) in [7, 11) is 0. The molecule has 0 aliphatic carbocycles. The van der Waals surface area contributed by atoms with Crippen LogP contribution in [0.3, 0.4) is 0 Å². The molecule has 108 valence electrons. The van der Waals surface area contributed by atoms with Crippen LogP contribution < -0.4 is 0 Å². The smallest absolute Gasteiger partial charge is 0.222 e. The fraction of sp³-hybridized carbons (Fsp3) is 0.625. The van der Waals surface area contributed by atoms with Crippen molar-refractivity contribution in [1.82, 2.24) is 9.88 Å². The number of hydrogen-bond donors (Lipinski definition) is 0. The van der Waals surface area contributed by atoms with Gasteiger partial charge in [0.1, 0.15) is 0 Å². The summed E-state index contributed by atoms with van der Waals surface area (Å²) in [4.78, 5) is 18.5. The number of hydrogen-bond acceptors (Lipinski definition) is 3. The summed E-state index contributed by atoms with van der Waals surface area (Å²) in [6, 6.07) is 4.14. The van der Waals surface area contributed by atoms with Gasteiger partial charge in [-0.2, -0.15) is 0 Å². The van der Waals surface area contributed by atoms with Gasteiger partial charge in [-0.25, -0.2) is 0 Å². The predicted octanol–water partition coefficient (Wildman–Crippen LogP) is 2.21. The van der Waals surface area contributed by atoms with E-state index in [4.69, 9.17) is 4.74 Å². The van der Waals surface area contributed by atoms with Gasteiger partial charge >= 0.3 is 0 Å². The molecular weight excluding hydrogens is 252 g/mol. The van der Waals surface area contributed by atoms with E-state index in [0.717, 1.165) is 45.6 Å². The summed E-state index contributed by atoms with van der Waals surface area (Å²) in [5.41, 5.74) is 1.31. The molecule has 4 nitrogen and oxygen atoms in total. The number of rotatable bonds is 3. The molecule has 1 aromatic heterocycles. The predicted molar refractivity (Wildman–Crippen MR) is 76.3 cm³/mol. The van der Waals surface area contributed by atoms with Crippen LogP contribution in [0.15, 0.2) is 24.5 Å². The lowest BCUT2D eigenvalue weighted by molar-refractivity contribution is -0.133. The molecule has 0 spiro atoms. The van der Waals surface area contributed by atoms with Crippen molar-refractivity contribution in [3.05, 3.63) is 30.1 Å². The number of piperidine rings is 1. The molecule has 2 fully saturated rings. The van der Waals surface area contributed by atoms with Crippen LogP contribution in [0.5, 0.6) is 0 Å². The Morgan fingerprint density at radius 3 is 2.85 bits per heavy atom. The second kappa shape index (κ2) is 6.35. The van der Waals surface area contributed by atoms with Crippen molar-refractivity contribution < 1.29 is 9.53 Å². The maximum atomic E-state index is 12.3. The van der Waals surface area contributed by atoms with Gasteiger partial charge in [-0.1, -0.05) is 6.07 Å². The summed E-state index contributed by atoms with van der Waals surface area (Å²) in [6.45, 7) is 3.34. The lowest BCUT2D eigenvalue weighted by Crippen LogP contribution is -2.38. The van der Waals surface area contributed by atoms with Gasteiger partial charge < -0.3 is 9.64 Å². The molecular formula is C16H22N2O2. The van der Waals surface area contributed by atoms with E-state index in [0.29, 0.717) is 24.2 Å². The molecule has 2 aliphatic rings. The van der Waals surface area contributed by atoms with Gasteiger partial charge in [0.2, 0.25) is 5.91 Å². The van der Waals surface area contributed by atoms with Crippen LogP contribution in [0.25, 0.3) is 0 Å². The summed E-state index contributed by atoms with van der Waals surface area (Å²) < 4.78 is 5.34. The molecule has 1 unspecified atom stereocenters. The number of carbonyl (C=O) groups is 1. The van der Waals surface area contributed by atoms with Crippen molar-refractivity contribution in [2.24, 2.45) is 5.92 Å². The van der Waals surface area contributed by atoms with Crippen LogP contribution in [0.1, 0.15) is 37.2 Å². The summed E-state index contributed by atoms with van der Waals surface area (Å²) in [6.07, 6.45) is 7.58. The number of carbonyl (C=O) groups excluding carboxylic acids is 1. The number of pyridine rings is 1. The molecule has 0 aromatic carbocycles. The SMILES string of the molecule is O=C(CC1CCOC1)N1CCC(c2cccnc2)CC1. The monoisotopic (exact) mass is 274 g/mol. The summed E-state index contributed by atoms with van der Waals surface area (Å²) >= 11 is 0. The van der Waals surface area contributed by atoms with E-state index >= 15 is 0 Å². The Balaban J connectivity index is 1.49. The lowest BCUT2D eigenvalue weighted by Gasteiger charge is -2.32. The van der Waals surface area contributed by atoms with Gasteiger partial charge in [0, 0.05) is 45.1 Å². The Bertz CT molecular complexity index is 435. The van der Waals surface area contributed by atoms with Crippen LogP contribution in [0.2, 0.25) is 0 Å². The van der Waals surface area contributed by atoms with Gasteiger partial charge in [0.25, 0.3) is 0 Å². The van der Waals surface area contributed by atoms with Gasteiger partial charge in [0.05, 0.1) is 0 Å². The van der Waals surface area contributed by atoms with E-state index in [1.807, 2.05) is 23.4 Å². The Hall–Kier alpha value is -1.42. The number of nitrogens with zero attached hydrogens (tertiary/aromatic N) is 2. The molecule has 1 amide bonds. The van der Waals surface area contributed by atoms with Crippen molar-refractivity contribution >= 4 is 5.91 Å². The third-order valence-electron chi connectivity index (χ3n) is 4.49. The molecule has 20 heavy (non-hydrogen) atoms. The maximum absolute atomic E-state index is 12.3. The van der Waals surface area contributed by atoms with Gasteiger partial charge in [-0.3, -0.25) is 9.78 Å². The largest absolute Gasteiger partial charge is 0.381 e.